The second-order valence-electron chi connectivity index (χ2n) is 15.2. The Morgan fingerprint density at radius 2 is 1.22 bits per heavy atom. The Balaban J connectivity index is 0.000000241. The summed E-state index contributed by atoms with van der Waals surface area (Å²) < 4.78 is 0. The molecule has 7 aromatic rings. The van der Waals surface area contributed by atoms with Gasteiger partial charge in [-0.1, -0.05) is 144 Å². The summed E-state index contributed by atoms with van der Waals surface area (Å²) >= 11 is 1.74. The molecule has 0 aliphatic rings. The molecular weight excluding hydrogens is 755 g/mol. The average Bonchev–Trinajstić information content (AvgIpc) is 3.68. The zero-order chi connectivity index (χ0) is 35.6. The van der Waals surface area contributed by atoms with Crippen molar-refractivity contribution in [1.29, 1.82) is 0 Å². The van der Waals surface area contributed by atoms with Gasteiger partial charge >= 0.3 is 41.9 Å². The third-order valence-corrected chi connectivity index (χ3v) is 9.77. The summed E-state index contributed by atoms with van der Waals surface area (Å²) in [7, 11) is 0. The summed E-state index contributed by atoms with van der Waals surface area (Å²) in [5.41, 5.74) is 14.2. The van der Waals surface area contributed by atoms with Crippen molar-refractivity contribution >= 4 is 37.8 Å². The molecule has 0 aliphatic carbocycles. The predicted octanol–water partition coefficient (Wildman–Crippen LogP) is 8.05. The van der Waals surface area contributed by atoms with E-state index in [4.69, 9.17) is 0 Å². The van der Waals surface area contributed by atoms with Gasteiger partial charge in [-0.3, -0.25) is 0 Å². The largest absolute Gasteiger partial charge is 1.00 e. The first-order chi connectivity index (χ1) is 23.2. The van der Waals surface area contributed by atoms with Crippen LogP contribution in [0, 0.1) is 27.7 Å². The van der Waals surface area contributed by atoms with E-state index >= 15 is 0 Å². The summed E-state index contributed by atoms with van der Waals surface area (Å²) in [5.74, 6) is 0.573. The van der Waals surface area contributed by atoms with Crippen LogP contribution in [0.3, 0.4) is 0 Å². The fraction of sp³-hybridized carbons (Fsp3) is 0.277. The first-order valence-electron chi connectivity index (χ1n) is 17.6. The Bertz CT molecular complexity index is 2250. The van der Waals surface area contributed by atoms with Gasteiger partial charge in [0.1, 0.15) is 0 Å². The summed E-state index contributed by atoms with van der Waals surface area (Å²) in [4.78, 5) is 0. The van der Waals surface area contributed by atoms with Crippen LogP contribution in [-0.2, 0) is 28.8 Å². The van der Waals surface area contributed by atoms with Crippen LogP contribution in [-0.4, -0.2) is 5.43 Å². The number of aryl methyl sites for hydroxylation is 2. The molecule has 0 amide bonds. The third-order valence-electron chi connectivity index (χ3n) is 9.77. The molecule has 0 bridgehead atoms. The van der Waals surface area contributed by atoms with E-state index < -0.39 is 0 Å². The van der Waals surface area contributed by atoms with E-state index in [2.05, 4.69) is 185 Å². The van der Waals surface area contributed by atoms with Crippen molar-refractivity contribution in [3.63, 3.8) is 0 Å². The fourth-order valence-electron chi connectivity index (χ4n) is 6.83. The maximum absolute atomic E-state index is 2.35. The van der Waals surface area contributed by atoms with Crippen LogP contribution in [0.4, 0.5) is 0 Å². The number of benzene rings is 5. The minimum absolute atomic E-state index is 0. The van der Waals surface area contributed by atoms with Gasteiger partial charge in [-0.2, -0.15) is 12.1 Å². The molecule has 0 saturated carbocycles. The minimum atomic E-state index is 0. The Hall–Kier alpha value is -2.74. The molecule has 0 atom stereocenters. The third kappa shape index (κ3) is 9.63. The van der Waals surface area contributed by atoms with Crippen molar-refractivity contribution in [3.05, 3.63) is 143 Å². The van der Waals surface area contributed by atoms with Crippen molar-refractivity contribution in [2.45, 2.75) is 86.7 Å². The molecule has 0 aromatic heterocycles. The number of hydrogen-bond acceptors (Lipinski definition) is 0. The quantitative estimate of drug-likeness (QED) is 0.125. The zero-order valence-electron chi connectivity index (χ0n) is 32.2. The van der Waals surface area contributed by atoms with E-state index in [0.29, 0.717) is 5.92 Å². The van der Waals surface area contributed by atoms with Crippen LogP contribution in [0.15, 0.2) is 109 Å². The molecule has 0 N–H and O–H groups in total. The van der Waals surface area contributed by atoms with Crippen molar-refractivity contribution in [3.8, 4) is 22.3 Å². The van der Waals surface area contributed by atoms with Gasteiger partial charge in [-0.05, 0) is 52.6 Å². The molecule has 0 radical (unpaired) electrons. The van der Waals surface area contributed by atoms with Gasteiger partial charge in [-0.25, -0.2) is 0 Å². The second kappa shape index (κ2) is 17.9. The standard InChI is InChI=1S/C23H21.C22H25.C2H6Si.2ClH.Zr/c1-14-12-21-16(3)15(2)17(4)23(22(21)13-14)20-11-7-9-18-8-5-6-10-19(18)20;1-15(2)18-13-17-7-6-8-20(21(17)14-18)16-9-11-19(12-10-16)22(3,4)5;1-3-2;;;/h5-13H,1-4H3;6-15H,1-5H3;1-2H3;2*1H;/q2*-1;;;;+2/p-2. The van der Waals surface area contributed by atoms with Gasteiger partial charge in [0.05, 0.1) is 0 Å². The SMILES string of the molecule is CC(C)c1cc2c(-c3ccc(C(C)(C)C)cc3)cccc2[cH-]1.C[Si](C)=[Zr+2].Cc1cc2c(-c3cccc4ccccc34)c(C)c(C)c(C)c2[cH-]1.[Cl-].[Cl-]. The van der Waals surface area contributed by atoms with E-state index in [0.717, 1.165) is 0 Å². The van der Waals surface area contributed by atoms with E-state index in [9.17, 15) is 0 Å². The average molecular weight is 807 g/mol. The maximum Gasteiger partial charge on any atom is -0.0113 e. The molecule has 0 fully saturated rings. The number of halogens is 2. The number of fused-ring (bicyclic) bond motifs is 3. The Morgan fingerprint density at radius 1 is 0.627 bits per heavy atom. The predicted molar refractivity (Wildman–Crippen MR) is 217 cm³/mol. The minimum Gasteiger partial charge on any atom is -1.00 e. The van der Waals surface area contributed by atoms with Gasteiger partial charge in [-0.15, -0.1) is 62.5 Å². The molecule has 7 rings (SSSR count). The van der Waals surface area contributed by atoms with Gasteiger partial charge in [0.2, 0.25) is 0 Å². The molecule has 0 spiro atoms. The van der Waals surface area contributed by atoms with E-state index in [1.807, 2.05) is 0 Å². The van der Waals surface area contributed by atoms with Gasteiger partial charge in [0.15, 0.2) is 0 Å². The molecule has 4 heteroatoms. The van der Waals surface area contributed by atoms with Gasteiger partial charge < -0.3 is 24.8 Å². The summed E-state index contributed by atoms with van der Waals surface area (Å²) in [6, 6.07) is 40.3. The van der Waals surface area contributed by atoms with Crippen LogP contribution >= 0.6 is 0 Å². The van der Waals surface area contributed by atoms with Crippen molar-refractivity contribution in [2.24, 2.45) is 0 Å². The van der Waals surface area contributed by atoms with Crippen molar-refractivity contribution in [1.82, 2.24) is 0 Å². The monoisotopic (exact) mass is 804 g/mol. The molecule has 264 valence electrons. The number of rotatable bonds is 3. The molecular formula is C47H52Cl2SiZr-2. The Morgan fingerprint density at radius 3 is 1.84 bits per heavy atom. The Labute approximate surface area is 335 Å². The van der Waals surface area contributed by atoms with E-state index in [1.165, 1.54) is 88.0 Å². The van der Waals surface area contributed by atoms with Gasteiger partial charge in [0.25, 0.3) is 0 Å². The fourth-order valence-corrected chi connectivity index (χ4v) is 6.83. The normalized spacial score (nSPS) is 11.0. The zero-order valence-corrected chi connectivity index (χ0v) is 37.2. The smallest absolute Gasteiger partial charge is 0.0113 e. The molecule has 51 heavy (non-hydrogen) atoms. The van der Waals surface area contributed by atoms with Crippen LogP contribution in [0.1, 0.15) is 73.9 Å². The van der Waals surface area contributed by atoms with Crippen LogP contribution in [0.25, 0.3) is 54.6 Å². The first kappa shape index (κ1) is 42.7. The van der Waals surface area contributed by atoms with Gasteiger partial charge in [0, 0.05) is 0 Å². The molecule has 0 nitrogen and oxygen atoms in total. The van der Waals surface area contributed by atoms with E-state index in [-0.39, 0.29) is 35.7 Å². The van der Waals surface area contributed by atoms with E-state index in [1.54, 1.807) is 23.3 Å². The topological polar surface area (TPSA) is 0 Å². The number of hydrogen-bond donors (Lipinski definition) is 0. The van der Waals surface area contributed by atoms with Crippen molar-refractivity contribution in [2.75, 3.05) is 0 Å². The molecule has 7 aromatic carbocycles. The molecule has 0 unspecified atom stereocenters. The molecule has 0 aliphatic heterocycles. The second-order valence-corrected chi connectivity index (χ2v) is 24.6. The molecule has 0 saturated heterocycles. The summed E-state index contributed by atoms with van der Waals surface area (Å²) in [6.07, 6.45) is 0. The van der Waals surface area contributed by atoms with Crippen molar-refractivity contribution < 1.29 is 48.1 Å². The van der Waals surface area contributed by atoms with Crippen LogP contribution in [0.5, 0.6) is 0 Å². The van der Waals surface area contributed by atoms with Crippen LogP contribution < -0.4 is 24.8 Å². The summed E-state index contributed by atoms with van der Waals surface area (Å²) in [5, 5.41) is 8.14. The first-order valence-corrected chi connectivity index (χ1v) is 23.8. The summed E-state index contributed by atoms with van der Waals surface area (Å²) in [6.45, 7) is 24.9. The molecule has 0 heterocycles. The van der Waals surface area contributed by atoms with Crippen LogP contribution in [0.2, 0.25) is 13.1 Å². The Kier molecular flexibility index (Phi) is 14.9. The maximum atomic E-state index is 2.35.